The lowest BCUT2D eigenvalue weighted by molar-refractivity contribution is -0.140. The van der Waals surface area contributed by atoms with Crippen LogP contribution in [0.15, 0.2) is 30.3 Å². The van der Waals surface area contributed by atoms with Crippen molar-refractivity contribution in [1.82, 2.24) is 4.90 Å². The molecule has 0 bridgehead atoms. The van der Waals surface area contributed by atoms with E-state index in [1.54, 1.807) is 4.90 Å². The largest absolute Gasteiger partial charge is 0.368 e. The molecule has 2 atom stereocenters. The first-order valence-electron chi connectivity index (χ1n) is 7.43. The zero-order chi connectivity index (χ0) is 15.2. The van der Waals surface area contributed by atoms with Crippen LogP contribution in [0.4, 0.5) is 0 Å². The van der Waals surface area contributed by atoms with E-state index in [4.69, 9.17) is 11.5 Å². The predicted molar refractivity (Wildman–Crippen MR) is 88.2 cm³/mol. The van der Waals surface area contributed by atoms with Gasteiger partial charge in [0.05, 0.1) is 6.54 Å². The molecule has 1 saturated carbocycles. The van der Waals surface area contributed by atoms with Gasteiger partial charge in [0.25, 0.3) is 0 Å². The van der Waals surface area contributed by atoms with E-state index in [1.807, 2.05) is 30.3 Å². The van der Waals surface area contributed by atoms with Crippen LogP contribution in [-0.4, -0.2) is 29.8 Å². The molecular weight excluding hydrogens is 302 g/mol. The third kappa shape index (κ3) is 4.71. The molecule has 2 rings (SSSR count). The summed E-state index contributed by atoms with van der Waals surface area (Å²) < 4.78 is 0. The van der Waals surface area contributed by atoms with Crippen molar-refractivity contribution < 1.29 is 9.59 Å². The molecule has 4 N–H and O–H groups in total. The maximum atomic E-state index is 12.7. The topological polar surface area (TPSA) is 89.4 Å². The Morgan fingerprint density at radius 1 is 1.18 bits per heavy atom. The quantitative estimate of drug-likeness (QED) is 0.826. The minimum atomic E-state index is -0.485. The Hall–Kier alpha value is -1.59. The molecule has 0 heterocycles. The Kier molecular flexibility index (Phi) is 7.35. The maximum Gasteiger partial charge on any atom is 0.237 e. The predicted octanol–water partition coefficient (Wildman–Crippen LogP) is 1.30. The minimum Gasteiger partial charge on any atom is -0.368 e. The van der Waals surface area contributed by atoms with E-state index in [0.717, 1.165) is 24.8 Å². The summed E-state index contributed by atoms with van der Waals surface area (Å²) >= 11 is 0. The van der Waals surface area contributed by atoms with Gasteiger partial charge in [0, 0.05) is 12.5 Å². The second-order valence-electron chi connectivity index (χ2n) is 5.68. The molecule has 122 valence electrons. The number of nitrogens with two attached hydrogens (primary N) is 2. The van der Waals surface area contributed by atoms with Gasteiger partial charge in [-0.05, 0) is 30.9 Å². The molecule has 1 aromatic rings. The van der Waals surface area contributed by atoms with Gasteiger partial charge in [-0.2, -0.15) is 0 Å². The van der Waals surface area contributed by atoms with Crippen molar-refractivity contribution >= 4 is 24.2 Å². The number of halogens is 1. The van der Waals surface area contributed by atoms with Gasteiger partial charge in [0.1, 0.15) is 0 Å². The molecular formula is C16H24ClN3O2. The van der Waals surface area contributed by atoms with E-state index >= 15 is 0 Å². The van der Waals surface area contributed by atoms with Crippen LogP contribution in [0.3, 0.4) is 0 Å². The molecule has 1 aromatic carbocycles. The van der Waals surface area contributed by atoms with Crippen molar-refractivity contribution in [3.63, 3.8) is 0 Å². The highest BCUT2D eigenvalue weighted by Crippen LogP contribution is 2.32. The van der Waals surface area contributed by atoms with Gasteiger partial charge in [-0.15, -0.1) is 12.4 Å². The average molecular weight is 326 g/mol. The van der Waals surface area contributed by atoms with Gasteiger partial charge >= 0.3 is 0 Å². The molecule has 2 amide bonds. The lowest BCUT2D eigenvalue weighted by Crippen LogP contribution is -2.43. The highest BCUT2D eigenvalue weighted by molar-refractivity contribution is 5.85. The van der Waals surface area contributed by atoms with Crippen LogP contribution in [0.25, 0.3) is 0 Å². The number of nitrogens with zero attached hydrogens (tertiary/aromatic N) is 1. The van der Waals surface area contributed by atoms with Crippen LogP contribution in [0.1, 0.15) is 24.8 Å². The highest BCUT2D eigenvalue weighted by Gasteiger charge is 2.35. The van der Waals surface area contributed by atoms with Crippen molar-refractivity contribution in [3.05, 3.63) is 35.9 Å². The van der Waals surface area contributed by atoms with E-state index in [9.17, 15) is 9.59 Å². The maximum absolute atomic E-state index is 12.7. The summed E-state index contributed by atoms with van der Waals surface area (Å²) in [7, 11) is 0. The molecule has 0 unspecified atom stereocenters. The number of hydrogen-bond donors (Lipinski definition) is 2. The summed E-state index contributed by atoms with van der Waals surface area (Å²) in [5.74, 6) is -0.325. The molecule has 6 heteroatoms. The molecule has 0 spiro atoms. The van der Waals surface area contributed by atoms with Crippen LogP contribution in [0.2, 0.25) is 0 Å². The Balaban J connectivity index is 0.00000242. The zero-order valence-corrected chi connectivity index (χ0v) is 13.4. The second-order valence-corrected chi connectivity index (χ2v) is 5.68. The summed E-state index contributed by atoms with van der Waals surface area (Å²) in [6, 6.07) is 9.64. The van der Waals surface area contributed by atoms with Gasteiger partial charge in [-0.1, -0.05) is 36.8 Å². The summed E-state index contributed by atoms with van der Waals surface area (Å²) in [6.45, 7) is 0.893. The Morgan fingerprint density at radius 3 is 2.45 bits per heavy atom. The van der Waals surface area contributed by atoms with Crippen molar-refractivity contribution in [1.29, 1.82) is 0 Å². The van der Waals surface area contributed by atoms with Crippen LogP contribution in [0, 0.1) is 11.8 Å². The molecule has 0 saturated heterocycles. The Morgan fingerprint density at radius 2 is 1.86 bits per heavy atom. The van der Waals surface area contributed by atoms with Crippen molar-refractivity contribution in [2.24, 2.45) is 23.3 Å². The third-order valence-corrected chi connectivity index (χ3v) is 4.15. The van der Waals surface area contributed by atoms with E-state index in [0.29, 0.717) is 13.1 Å². The third-order valence-electron chi connectivity index (χ3n) is 4.15. The summed E-state index contributed by atoms with van der Waals surface area (Å²) in [5.41, 5.74) is 12.0. The fourth-order valence-corrected chi connectivity index (χ4v) is 3.08. The molecule has 1 aliphatic rings. The van der Waals surface area contributed by atoms with Crippen LogP contribution in [-0.2, 0) is 16.1 Å². The number of carbonyl (C=O) groups excluding carboxylic acids is 2. The number of carbonyl (C=O) groups is 2. The Bertz CT molecular complexity index is 495. The van der Waals surface area contributed by atoms with Crippen molar-refractivity contribution in [3.8, 4) is 0 Å². The first kappa shape index (κ1) is 18.5. The zero-order valence-electron chi connectivity index (χ0n) is 12.6. The number of benzene rings is 1. The van der Waals surface area contributed by atoms with Gasteiger partial charge in [0.2, 0.25) is 11.8 Å². The summed E-state index contributed by atoms with van der Waals surface area (Å²) in [4.78, 5) is 25.6. The summed E-state index contributed by atoms with van der Waals surface area (Å²) in [5, 5.41) is 0. The number of amides is 2. The van der Waals surface area contributed by atoms with Crippen LogP contribution in [0.5, 0.6) is 0 Å². The number of primary amides is 1. The lowest BCUT2D eigenvalue weighted by atomic mass is 9.94. The fourth-order valence-electron chi connectivity index (χ4n) is 3.08. The van der Waals surface area contributed by atoms with Gasteiger partial charge in [-0.25, -0.2) is 0 Å². The monoisotopic (exact) mass is 325 g/mol. The number of hydrogen-bond acceptors (Lipinski definition) is 3. The number of rotatable bonds is 6. The molecule has 1 aliphatic carbocycles. The van der Waals surface area contributed by atoms with Gasteiger partial charge in [-0.3, -0.25) is 9.59 Å². The molecule has 0 radical (unpaired) electrons. The van der Waals surface area contributed by atoms with E-state index in [1.165, 1.54) is 0 Å². The first-order chi connectivity index (χ1) is 10.1. The van der Waals surface area contributed by atoms with Crippen molar-refractivity contribution in [2.45, 2.75) is 25.8 Å². The molecule has 0 aliphatic heterocycles. The van der Waals surface area contributed by atoms with Crippen molar-refractivity contribution in [2.75, 3.05) is 13.1 Å². The lowest BCUT2D eigenvalue weighted by Gasteiger charge is -2.27. The minimum absolute atomic E-state index is 0. The average Bonchev–Trinajstić information content (AvgIpc) is 2.95. The normalized spacial score (nSPS) is 20.2. The van der Waals surface area contributed by atoms with Gasteiger partial charge in [0.15, 0.2) is 0 Å². The molecule has 1 fully saturated rings. The fraction of sp³-hybridized carbons (Fsp3) is 0.500. The van der Waals surface area contributed by atoms with E-state index in [-0.39, 0.29) is 36.7 Å². The van der Waals surface area contributed by atoms with E-state index in [2.05, 4.69) is 0 Å². The molecule has 0 aromatic heterocycles. The first-order valence-corrected chi connectivity index (χ1v) is 7.43. The Labute approximate surface area is 137 Å². The van der Waals surface area contributed by atoms with E-state index < -0.39 is 5.91 Å². The molecule has 22 heavy (non-hydrogen) atoms. The second kappa shape index (κ2) is 8.76. The highest BCUT2D eigenvalue weighted by atomic mass is 35.5. The molecule has 5 nitrogen and oxygen atoms in total. The van der Waals surface area contributed by atoms with Gasteiger partial charge < -0.3 is 16.4 Å². The van der Waals surface area contributed by atoms with Crippen LogP contribution < -0.4 is 11.5 Å². The smallest absolute Gasteiger partial charge is 0.237 e. The summed E-state index contributed by atoms with van der Waals surface area (Å²) in [6.07, 6.45) is 2.86. The standard InChI is InChI=1S/C16H23N3O2.ClH/c17-9-13-7-4-8-14(13)16(21)19(11-15(18)20)10-12-5-2-1-3-6-12;/h1-3,5-6,13-14H,4,7-11,17H2,(H2,18,20);1H/t13-,14-;/m1./s1. The van der Waals surface area contributed by atoms with Crippen LogP contribution >= 0.6 is 12.4 Å². The SMILES string of the molecule is Cl.NC[C@H]1CCC[C@H]1C(=O)N(CC(N)=O)Cc1ccccc1.